The van der Waals surface area contributed by atoms with Crippen molar-refractivity contribution in [2.24, 2.45) is 5.73 Å². The molecule has 9 N–H and O–H groups in total. The number of carboxylic acid groups (broad SMARTS) is 1. The van der Waals surface area contributed by atoms with Gasteiger partial charge in [-0.05, 0) is 12.8 Å². The van der Waals surface area contributed by atoms with Gasteiger partial charge in [-0.1, -0.05) is 0 Å². The van der Waals surface area contributed by atoms with Gasteiger partial charge in [-0.25, -0.2) is 4.79 Å². The molecular weight excluding hydrogens is 328 g/mol. The van der Waals surface area contributed by atoms with Gasteiger partial charge in [-0.2, -0.15) is 0 Å². The first-order chi connectivity index (χ1) is 11.2. The van der Waals surface area contributed by atoms with Gasteiger partial charge >= 0.3 is 5.97 Å². The Labute approximate surface area is 137 Å². The van der Waals surface area contributed by atoms with Crippen molar-refractivity contribution in [2.45, 2.75) is 31.1 Å². The standard InChI is InChI=1S/C12H22N4O8/c13-12(14)15-3-1-2-6(11(23)24)16(9(21)7(19)4-17)10(22)8(20)5-18/h6-8,17-20H,1-5H2,(H,23,24)(H4,13,14,15). The number of aliphatic hydroxyl groups excluding tert-OH is 4. The first-order valence-corrected chi connectivity index (χ1v) is 6.92. The van der Waals surface area contributed by atoms with Crippen LogP contribution in [0.15, 0.2) is 0 Å². The SMILES string of the molecule is N=C(N)NCCCC(C(=O)O)N(C(=O)C(O)CO)C(=O)C(O)CO. The maximum atomic E-state index is 12.0. The lowest BCUT2D eigenvalue weighted by molar-refractivity contribution is -0.167. The molecule has 0 heterocycles. The number of rotatable bonds is 10. The van der Waals surface area contributed by atoms with Gasteiger partial charge in [-0.15, -0.1) is 0 Å². The Morgan fingerprint density at radius 1 is 1.08 bits per heavy atom. The van der Waals surface area contributed by atoms with Crippen molar-refractivity contribution >= 4 is 23.7 Å². The molecule has 0 saturated carbocycles. The summed E-state index contributed by atoms with van der Waals surface area (Å²) in [5.41, 5.74) is 5.06. The van der Waals surface area contributed by atoms with Crippen LogP contribution in [0.4, 0.5) is 0 Å². The second-order valence-corrected chi connectivity index (χ2v) is 4.78. The number of nitrogens with one attached hydrogen (secondary N) is 2. The summed E-state index contributed by atoms with van der Waals surface area (Å²) in [6.07, 6.45) is -4.31. The Morgan fingerprint density at radius 2 is 1.54 bits per heavy atom. The summed E-state index contributed by atoms with van der Waals surface area (Å²) in [6.45, 7) is -2.04. The zero-order chi connectivity index (χ0) is 18.9. The molecule has 2 amide bonds. The minimum atomic E-state index is -2.06. The molecule has 0 saturated heterocycles. The number of guanidine groups is 1. The van der Waals surface area contributed by atoms with Crippen LogP contribution in [-0.2, 0) is 14.4 Å². The largest absolute Gasteiger partial charge is 0.480 e. The van der Waals surface area contributed by atoms with E-state index in [0.29, 0.717) is 0 Å². The van der Waals surface area contributed by atoms with Gasteiger partial charge in [0.25, 0.3) is 11.8 Å². The van der Waals surface area contributed by atoms with Crippen molar-refractivity contribution < 1.29 is 39.9 Å². The Hall–Kier alpha value is -2.28. The summed E-state index contributed by atoms with van der Waals surface area (Å²) in [5.74, 6) is -4.77. The maximum absolute atomic E-state index is 12.0. The number of nitrogens with zero attached hydrogens (tertiary/aromatic N) is 1. The van der Waals surface area contributed by atoms with Crippen LogP contribution >= 0.6 is 0 Å². The Bertz CT molecular complexity index is 450. The lowest BCUT2D eigenvalue weighted by Gasteiger charge is -2.30. The monoisotopic (exact) mass is 350 g/mol. The van der Waals surface area contributed by atoms with Crippen molar-refractivity contribution in [2.75, 3.05) is 19.8 Å². The predicted molar refractivity (Wildman–Crippen MR) is 78.6 cm³/mol. The second-order valence-electron chi connectivity index (χ2n) is 4.78. The highest BCUT2D eigenvalue weighted by Gasteiger charge is 2.39. The molecule has 0 aromatic carbocycles. The van der Waals surface area contributed by atoms with Gasteiger partial charge < -0.3 is 36.6 Å². The third-order valence-corrected chi connectivity index (χ3v) is 2.96. The van der Waals surface area contributed by atoms with Gasteiger partial charge in [-0.3, -0.25) is 19.9 Å². The van der Waals surface area contributed by atoms with Gasteiger partial charge in [0.2, 0.25) is 0 Å². The first kappa shape index (κ1) is 21.7. The number of carbonyl (C=O) groups is 3. The molecule has 3 atom stereocenters. The van der Waals surface area contributed by atoms with Crippen LogP contribution in [0.1, 0.15) is 12.8 Å². The van der Waals surface area contributed by atoms with Crippen LogP contribution in [-0.4, -0.2) is 92.2 Å². The molecule has 12 heteroatoms. The van der Waals surface area contributed by atoms with Crippen molar-refractivity contribution in [1.29, 1.82) is 5.41 Å². The quantitative estimate of drug-likeness (QED) is 0.108. The average Bonchev–Trinajstić information content (AvgIpc) is 2.54. The van der Waals surface area contributed by atoms with Crippen molar-refractivity contribution in [3.8, 4) is 0 Å². The molecule has 0 radical (unpaired) electrons. The van der Waals surface area contributed by atoms with E-state index in [-0.39, 0.29) is 30.2 Å². The fourth-order valence-electron chi connectivity index (χ4n) is 1.77. The summed E-state index contributed by atoms with van der Waals surface area (Å²) in [6, 6.07) is -1.75. The zero-order valence-corrected chi connectivity index (χ0v) is 12.8. The molecule has 0 rings (SSSR count). The minimum Gasteiger partial charge on any atom is -0.480 e. The van der Waals surface area contributed by atoms with Gasteiger partial charge in [0.05, 0.1) is 13.2 Å². The van der Waals surface area contributed by atoms with E-state index in [1.165, 1.54) is 0 Å². The molecule has 138 valence electrons. The number of hydrogen-bond acceptors (Lipinski definition) is 8. The number of imide groups is 1. The van der Waals surface area contributed by atoms with E-state index in [1.807, 2.05) is 0 Å². The van der Waals surface area contributed by atoms with Crippen LogP contribution in [0.25, 0.3) is 0 Å². The molecule has 0 aromatic heterocycles. The normalized spacial score (nSPS) is 14.3. The molecule has 0 aliphatic heterocycles. The van der Waals surface area contributed by atoms with Gasteiger partial charge in [0.15, 0.2) is 18.2 Å². The van der Waals surface area contributed by atoms with E-state index in [1.54, 1.807) is 0 Å². The Kier molecular flexibility index (Phi) is 9.49. The van der Waals surface area contributed by atoms with Crippen molar-refractivity contribution in [3.05, 3.63) is 0 Å². The van der Waals surface area contributed by atoms with Crippen molar-refractivity contribution in [3.63, 3.8) is 0 Å². The average molecular weight is 350 g/mol. The molecule has 0 aromatic rings. The third kappa shape index (κ3) is 6.45. The molecule has 0 spiro atoms. The lowest BCUT2D eigenvalue weighted by atomic mass is 10.1. The zero-order valence-electron chi connectivity index (χ0n) is 12.8. The lowest BCUT2D eigenvalue weighted by Crippen LogP contribution is -2.56. The van der Waals surface area contributed by atoms with Crippen LogP contribution in [0, 0.1) is 5.41 Å². The molecule has 24 heavy (non-hydrogen) atoms. The van der Waals surface area contributed by atoms with Crippen LogP contribution in [0.3, 0.4) is 0 Å². The molecule has 0 fully saturated rings. The molecule has 0 aliphatic carbocycles. The summed E-state index contributed by atoms with van der Waals surface area (Å²) >= 11 is 0. The Balaban J connectivity index is 5.35. The fraction of sp³-hybridized carbons (Fsp3) is 0.667. The summed E-state index contributed by atoms with van der Waals surface area (Å²) in [5, 5.41) is 55.0. The highest BCUT2D eigenvalue weighted by Crippen LogP contribution is 2.12. The van der Waals surface area contributed by atoms with E-state index in [0.717, 1.165) is 0 Å². The van der Waals surface area contributed by atoms with Gasteiger partial charge in [0.1, 0.15) is 6.04 Å². The number of aliphatic hydroxyl groups is 4. The molecule has 0 aliphatic rings. The Morgan fingerprint density at radius 3 is 1.88 bits per heavy atom. The predicted octanol–water partition coefficient (Wildman–Crippen LogP) is -4.24. The third-order valence-electron chi connectivity index (χ3n) is 2.96. The van der Waals surface area contributed by atoms with E-state index in [9.17, 15) is 29.7 Å². The molecular formula is C12H22N4O8. The van der Waals surface area contributed by atoms with Crippen LogP contribution in [0.5, 0.6) is 0 Å². The van der Waals surface area contributed by atoms with Crippen LogP contribution < -0.4 is 11.1 Å². The highest BCUT2D eigenvalue weighted by molar-refractivity contribution is 6.02. The van der Waals surface area contributed by atoms with E-state index < -0.39 is 49.2 Å². The summed E-state index contributed by atoms with van der Waals surface area (Å²) in [4.78, 5) is 35.5. The number of aliphatic carboxylic acids is 1. The molecule has 12 nitrogen and oxygen atoms in total. The number of nitrogens with two attached hydrogens (primary N) is 1. The fourth-order valence-corrected chi connectivity index (χ4v) is 1.77. The number of carboxylic acids is 1. The maximum Gasteiger partial charge on any atom is 0.326 e. The van der Waals surface area contributed by atoms with E-state index >= 15 is 0 Å². The minimum absolute atomic E-state index is 0.0814. The van der Waals surface area contributed by atoms with E-state index in [2.05, 4.69) is 5.32 Å². The summed E-state index contributed by atoms with van der Waals surface area (Å²) in [7, 11) is 0. The first-order valence-electron chi connectivity index (χ1n) is 6.92. The smallest absolute Gasteiger partial charge is 0.326 e. The summed E-state index contributed by atoms with van der Waals surface area (Å²) < 4.78 is 0. The number of carbonyl (C=O) groups excluding carboxylic acids is 2. The number of amides is 2. The highest BCUT2D eigenvalue weighted by atomic mass is 16.4. The number of hydrogen-bond donors (Lipinski definition) is 8. The molecule has 0 bridgehead atoms. The topological polar surface area (TPSA) is 217 Å². The van der Waals surface area contributed by atoms with Crippen molar-refractivity contribution in [1.82, 2.24) is 10.2 Å². The second kappa shape index (κ2) is 10.5. The molecule has 3 unspecified atom stereocenters. The van der Waals surface area contributed by atoms with Gasteiger partial charge in [0, 0.05) is 6.54 Å². The van der Waals surface area contributed by atoms with Crippen LogP contribution in [0.2, 0.25) is 0 Å². The van der Waals surface area contributed by atoms with E-state index in [4.69, 9.17) is 21.4 Å².